The van der Waals surface area contributed by atoms with Gasteiger partial charge in [0, 0.05) is 18.4 Å². The maximum atomic E-state index is 2.48. The molecule has 2 aliphatic rings. The average Bonchev–Trinajstić information content (AvgIpc) is 2.59. The first kappa shape index (κ1) is 23.8. The van der Waals surface area contributed by atoms with Gasteiger partial charge >= 0.3 is 0 Å². The summed E-state index contributed by atoms with van der Waals surface area (Å²) in [4.78, 5) is 2.48. The lowest BCUT2D eigenvalue weighted by atomic mass is 9.71. The zero-order valence-corrected chi connectivity index (χ0v) is 20.7. The van der Waals surface area contributed by atoms with Crippen LogP contribution >= 0.6 is 0 Å². The molecule has 0 spiro atoms. The van der Waals surface area contributed by atoms with Crippen molar-refractivity contribution >= 4 is 0 Å². The van der Waals surface area contributed by atoms with Crippen molar-refractivity contribution in [3.05, 3.63) is 58.0 Å². The molecule has 29 heavy (non-hydrogen) atoms. The molecule has 0 N–H and O–H groups in total. The molecule has 0 saturated heterocycles. The Morgan fingerprint density at radius 1 is 1.21 bits per heavy atom. The van der Waals surface area contributed by atoms with Crippen molar-refractivity contribution in [2.24, 2.45) is 10.8 Å². The molecule has 2 rings (SSSR count). The SMILES string of the molecule is CCCCN1C=CC(C)=C(C(C)(C)C)/C1=C\C(C)=C\CC1=C(C)CCCC1(C)C. The van der Waals surface area contributed by atoms with E-state index in [1.165, 1.54) is 54.5 Å². The molecule has 0 fully saturated rings. The molecule has 0 aromatic heterocycles. The number of allylic oxidation sites excluding steroid dienone is 8. The van der Waals surface area contributed by atoms with E-state index < -0.39 is 0 Å². The Labute approximate surface area is 181 Å². The van der Waals surface area contributed by atoms with E-state index in [-0.39, 0.29) is 5.41 Å². The van der Waals surface area contributed by atoms with Crippen molar-refractivity contribution < 1.29 is 0 Å². The predicted octanol–water partition coefficient (Wildman–Crippen LogP) is 8.73. The minimum atomic E-state index is 0.135. The highest BCUT2D eigenvalue weighted by molar-refractivity contribution is 5.48. The van der Waals surface area contributed by atoms with E-state index in [0.29, 0.717) is 5.41 Å². The van der Waals surface area contributed by atoms with Crippen LogP contribution in [-0.4, -0.2) is 11.4 Å². The monoisotopic (exact) mass is 395 g/mol. The molecule has 1 aliphatic carbocycles. The van der Waals surface area contributed by atoms with Crippen LogP contribution in [0.1, 0.15) is 101 Å². The molecule has 0 bridgehead atoms. The second kappa shape index (κ2) is 9.54. The Kier molecular flexibility index (Phi) is 7.82. The maximum Gasteiger partial charge on any atom is 0.0449 e. The van der Waals surface area contributed by atoms with Crippen LogP contribution in [0.25, 0.3) is 0 Å². The van der Waals surface area contributed by atoms with Crippen molar-refractivity contribution in [2.75, 3.05) is 6.54 Å². The van der Waals surface area contributed by atoms with Crippen LogP contribution in [0.5, 0.6) is 0 Å². The molecule has 1 aliphatic heterocycles. The third kappa shape index (κ3) is 6.00. The fourth-order valence-electron chi connectivity index (χ4n) is 5.03. The van der Waals surface area contributed by atoms with Gasteiger partial charge in [-0.3, -0.25) is 0 Å². The Bertz CT molecular complexity index is 744. The predicted molar refractivity (Wildman–Crippen MR) is 130 cm³/mol. The van der Waals surface area contributed by atoms with E-state index in [1.807, 2.05) is 0 Å². The first-order chi connectivity index (χ1) is 13.5. The lowest BCUT2D eigenvalue weighted by Gasteiger charge is -2.36. The molecule has 1 heteroatoms. The van der Waals surface area contributed by atoms with Gasteiger partial charge in [-0.25, -0.2) is 0 Å². The summed E-state index contributed by atoms with van der Waals surface area (Å²) in [7, 11) is 0. The summed E-state index contributed by atoms with van der Waals surface area (Å²) in [5, 5.41) is 0. The number of rotatable bonds is 6. The normalized spacial score (nSPS) is 22.2. The van der Waals surface area contributed by atoms with E-state index in [4.69, 9.17) is 0 Å². The number of hydrogen-bond acceptors (Lipinski definition) is 1. The van der Waals surface area contributed by atoms with Gasteiger partial charge in [0.05, 0.1) is 0 Å². The van der Waals surface area contributed by atoms with Crippen molar-refractivity contribution in [2.45, 2.75) is 101 Å². The van der Waals surface area contributed by atoms with Gasteiger partial charge in [-0.1, -0.05) is 70.8 Å². The lowest BCUT2D eigenvalue weighted by molar-refractivity contribution is 0.360. The van der Waals surface area contributed by atoms with E-state index in [2.05, 4.69) is 91.6 Å². The van der Waals surface area contributed by atoms with Gasteiger partial charge in [0.25, 0.3) is 0 Å². The smallest absolute Gasteiger partial charge is 0.0449 e. The molecule has 0 unspecified atom stereocenters. The highest BCUT2D eigenvalue weighted by Crippen LogP contribution is 2.42. The molecular formula is C28H45N. The Balaban J connectivity index is 2.37. The highest BCUT2D eigenvalue weighted by atomic mass is 15.1. The van der Waals surface area contributed by atoms with Gasteiger partial charge in [0.15, 0.2) is 0 Å². The van der Waals surface area contributed by atoms with Crippen molar-refractivity contribution in [3.63, 3.8) is 0 Å². The van der Waals surface area contributed by atoms with Gasteiger partial charge in [0.1, 0.15) is 0 Å². The molecule has 0 saturated carbocycles. The summed E-state index contributed by atoms with van der Waals surface area (Å²) in [6.45, 7) is 22.1. The molecular weight excluding hydrogens is 350 g/mol. The minimum Gasteiger partial charge on any atom is -0.348 e. The van der Waals surface area contributed by atoms with Crippen LogP contribution in [0.15, 0.2) is 58.0 Å². The van der Waals surface area contributed by atoms with Crippen LogP contribution in [0.4, 0.5) is 0 Å². The van der Waals surface area contributed by atoms with Gasteiger partial charge in [0.2, 0.25) is 0 Å². The summed E-state index contributed by atoms with van der Waals surface area (Å²) >= 11 is 0. The summed E-state index contributed by atoms with van der Waals surface area (Å²) in [6, 6.07) is 0. The van der Waals surface area contributed by atoms with Crippen molar-refractivity contribution in [1.82, 2.24) is 4.90 Å². The number of nitrogens with zero attached hydrogens (tertiary/aromatic N) is 1. The van der Waals surface area contributed by atoms with Gasteiger partial charge in [-0.15, -0.1) is 0 Å². The first-order valence-corrected chi connectivity index (χ1v) is 11.7. The Hall–Kier alpha value is -1.50. The van der Waals surface area contributed by atoms with Crippen LogP contribution in [0, 0.1) is 10.8 Å². The van der Waals surface area contributed by atoms with E-state index >= 15 is 0 Å². The molecule has 0 aromatic carbocycles. The molecule has 0 amide bonds. The summed E-state index contributed by atoms with van der Waals surface area (Å²) in [5.41, 5.74) is 9.43. The van der Waals surface area contributed by atoms with E-state index in [0.717, 1.165) is 13.0 Å². The van der Waals surface area contributed by atoms with Crippen LogP contribution < -0.4 is 0 Å². The zero-order chi connectivity index (χ0) is 21.8. The van der Waals surface area contributed by atoms with Crippen molar-refractivity contribution in [3.8, 4) is 0 Å². The fraction of sp³-hybridized carbons (Fsp3) is 0.643. The van der Waals surface area contributed by atoms with Crippen LogP contribution in [0.3, 0.4) is 0 Å². The van der Waals surface area contributed by atoms with Crippen molar-refractivity contribution in [1.29, 1.82) is 0 Å². The lowest BCUT2D eigenvalue weighted by Crippen LogP contribution is -2.28. The van der Waals surface area contributed by atoms with E-state index in [9.17, 15) is 0 Å². The van der Waals surface area contributed by atoms with E-state index in [1.54, 1.807) is 11.1 Å². The maximum absolute atomic E-state index is 2.48. The minimum absolute atomic E-state index is 0.135. The zero-order valence-electron chi connectivity index (χ0n) is 20.7. The van der Waals surface area contributed by atoms with Gasteiger partial charge in [-0.2, -0.15) is 0 Å². The Morgan fingerprint density at radius 3 is 2.48 bits per heavy atom. The topological polar surface area (TPSA) is 3.24 Å². The summed E-state index contributed by atoms with van der Waals surface area (Å²) in [6.07, 6.45) is 17.0. The second-order valence-electron chi connectivity index (χ2n) is 10.8. The number of hydrogen-bond donors (Lipinski definition) is 0. The van der Waals surface area contributed by atoms with Crippen LogP contribution in [-0.2, 0) is 0 Å². The molecule has 0 radical (unpaired) electrons. The molecule has 162 valence electrons. The van der Waals surface area contributed by atoms with Crippen LogP contribution in [0.2, 0.25) is 0 Å². The standard InChI is InChI=1S/C28H45N/c1-10-11-18-29-19-16-23(4)26(27(5,6)7)25(29)20-21(2)14-15-24-22(3)13-12-17-28(24,8)9/h14,16,19-20H,10-13,15,17-18H2,1-9H3/b21-14+,25-20+. The third-order valence-electron chi connectivity index (χ3n) is 6.65. The largest absolute Gasteiger partial charge is 0.348 e. The summed E-state index contributed by atoms with van der Waals surface area (Å²) in [5.74, 6) is 0. The molecule has 1 nitrogen and oxygen atoms in total. The fourth-order valence-corrected chi connectivity index (χ4v) is 5.03. The molecule has 1 heterocycles. The first-order valence-electron chi connectivity index (χ1n) is 11.7. The highest BCUT2D eigenvalue weighted by Gasteiger charge is 2.29. The Morgan fingerprint density at radius 2 is 1.90 bits per heavy atom. The quantitative estimate of drug-likeness (QED) is 0.406. The number of unbranched alkanes of at least 4 members (excludes halogenated alkanes) is 1. The average molecular weight is 396 g/mol. The third-order valence-corrected chi connectivity index (χ3v) is 6.65. The molecule has 0 atom stereocenters. The molecule has 0 aromatic rings. The van der Waals surface area contributed by atoms with Gasteiger partial charge in [-0.05, 0) is 87.0 Å². The second-order valence-corrected chi connectivity index (χ2v) is 10.8. The van der Waals surface area contributed by atoms with Gasteiger partial charge < -0.3 is 4.90 Å². The summed E-state index contributed by atoms with van der Waals surface area (Å²) < 4.78 is 0.